The van der Waals surface area contributed by atoms with Crippen LogP contribution in [0.15, 0.2) is 36.4 Å². The van der Waals surface area contributed by atoms with Crippen molar-refractivity contribution in [3.05, 3.63) is 42.1 Å². The van der Waals surface area contributed by atoms with Gasteiger partial charge < -0.3 is 14.7 Å². The molecule has 21 heavy (non-hydrogen) atoms. The molecule has 0 saturated carbocycles. The number of aliphatic hydroxyl groups is 1. The molecule has 1 saturated heterocycles. The highest BCUT2D eigenvalue weighted by molar-refractivity contribution is 5.93. The van der Waals surface area contributed by atoms with E-state index in [1.54, 1.807) is 11.0 Å². The second-order valence-electron chi connectivity index (χ2n) is 4.94. The largest absolute Gasteiger partial charge is 0.394 e. The number of morpholine rings is 1. The fraction of sp³-hybridized carbons (Fsp3) is 0.333. The lowest BCUT2D eigenvalue weighted by Gasteiger charge is -2.34. The molecule has 2 N–H and O–H groups in total. The maximum atomic E-state index is 12.5. The van der Waals surface area contributed by atoms with Crippen LogP contribution in [0, 0.1) is 0 Å². The van der Waals surface area contributed by atoms with Gasteiger partial charge in [0.2, 0.25) is 0 Å². The van der Waals surface area contributed by atoms with Crippen LogP contribution in [0.4, 0.5) is 0 Å². The van der Waals surface area contributed by atoms with Gasteiger partial charge in [0.25, 0.3) is 5.91 Å². The molecule has 1 aromatic heterocycles. The lowest BCUT2D eigenvalue weighted by molar-refractivity contribution is -0.0186. The van der Waals surface area contributed by atoms with Gasteiger partial charge in [-0.05, 0) is 6.07 Å². The number of carbonyl (C=O) groups is 1. The lowest BCUT2D eigenvalue weighted by Crippen LogP contribution is -2.50. The Morgan fingerprint density at radius 1 is 1.43 bits per heavy atom. The van der Waals surface area contributed by atoms with Crippen molar-refractivity contribution in [2.75, 3.05) is 26.4 Å². The molecule has 1 unspecified atom stereocenters. The van der Waals surface area contributed by atoms with Crippen molar-refractivity contribution in [1.29, 1.82) is 0 Å². The van der Waals surface area contributed by atoms with Crippen LogP contribution in [0.25, 0.3) is 11.3 Å². The molecule has 1 amide bonds. The van der Waals surface area contributed by atoms with Gasteiger partial charge in [0.1, 0.15) is 5.69 Å². The zero-order valence-corrected chi connectivity index (χ0v) is 11.5. The minimum Gasteiger partial charge on any atom is -0.394 e. The molecule has 110 valence electrons. The Labute approximate surface area is 122 Å². The van der Waals surface area contributed by atoms with E-state index >= 15 is 0 Å². The van der Waals surface area contributed by atoms with Gasteiger partial charge in [-0.1, -0.05) is 30.3 Å². The number of rotatable bonds is 3. The van der Waals surface area contributed by atoms with Gasteiger partial charge in [-0.25, -0.2) is 0 Å². The molecule has 0 bridgehead atoms. The quantitative estimate of drug-likeness (QED) is 0.879. The van der Waals surface area contributed by atoms with Gasteiger partial charge in [0, 0.05) is 12.1 Å². The summed E-state index contributed by atoms with van der Waals surface area (Å²) in [5, 5.41) is 16.3. The molecule has 0 aliphatic carbocycles. The van der Waals surface area contributed by atoms with Crippen molar-refractivity contribution in [3.8, 4) is 11.3 Å². The summed E-state index contributed by atoms with van der Waals surface area (Å²) in [4.78, 5) is 14.1. The summed E-state index contributed by atoms with van der Waals surface area (Å²) in [5.41, 5.74) is 2.11. The van der Waals surface area contributed by atoms with E-state index in [2.05, 4.69) is 10.2 Å². The molecule has 6 heteroatoms. The normalized spacial score (nSPS) is 18.7. The third-order valence-corrected chi connectivity index (χ3v) is 3.58. The average Bonchev–Trinajstić information content (AvgIpc) is 3.05. The first kappa shape index (κ1) is 13.8. The van der Waals surface area contributed by atoms with Crippen LogP contribution in [0.2, 0.25) is 0 Å². The molecular formula is C15H17N3O3. The van der Waals surface area contributed by atoms with Gasteiger partial charge in [-0.3, -0.25) is 9.89 Å². The molecule has 1 aliphatic heterocycles. The second-order valence-corrected chi connectivity index (χ2v) is 4.94. The van der Waals surface area contributed by atoms with E-state index in [-0.39, 0.29) is 18.6 Å². The summed E-state index contributed by atoms with van der Waals surface area (Å²) in [7, 11) is 0. The maximum absolute atomic E-state index is 12.5. The zero-order valence-electron chi connectivity index (χ0n) is 11.5. The summed E-state index contributed by atoms with van der Waals surface area (Å²) in [6.45, 7) is 1.22. The fourth-order valence-corrected chi connectivity index (χ4v) is 2.42. The molecule has 1 aliphatic rings. The van der Waals surface area contributed by atoms with E-state index in [0.717, 1.165) is 11.3 Å². The monoisotopic (exact) mass is 287 g/mol. The van der Waals surface area contributed by atoms with Gasteiger partial charge in [0.15, 0.2) is 0 Å². The molecule has 1 aromatic carbocycles. The minimum atomic E-state index is -0.297. The number of aromatic nitrogens is 2. The van der Waals surface area contributed by atoms with Crippen molar-refractivity contribution in [1.82, 2.24) is 15.1 Å². The minimum absolute atomic E-state index is 0.106. The standard InChI is InChI=1S/C15H17N3O3/c19-9-12-10-21-7-6-18(12)15(20)14-8-13(16-17-14)11-4-2-1-3-5-11/h1-5,8,12,19H,6-7,9-10H2,(H,16,17). The van der Waals surface area contributed by atoms with Gasteiger partial charge in [0.05, 0.1) is 31.6 Å². The van der Waals surface area contributed by atoms with Crippen LogP contribution >= 0.6 is 0 Å². The third-order valence-electron chi connectivity index (χ3n) is 3.58. The Balaban J connectivity index is 1.81. The van der Waals surface area contributed by atoms with Gasteiger partial charge in [-0.2, -0.15) is 5.10 Å². The number of amides is 1. The van der Waals surface area contributed by atoms with Crippen LogP contribution < -0.4 is 0 Å². The molecule has 3 rings (SSSR count). The van der Waals surface area contributed by atoms with Crippen molar-refractivity contribution in [2.45, 2.75) is 6.04 Å². The van der Waals surface area contributed by atoms with Crippen LogP contribution in [0.1, 0.15) is 10.5 Å². The SMILES string of the molecule is O=C(c1cc(-c2ccccc2)n[nH]1)N1CCOCC1CO. The number of hydrogen-bond donors (Lipinski definition) is 2. The number of nitrogens with zero attached hydrogens (tertiary/aromatic N) is 2. The molecular weight excluding hydrogens is 270 g/mol. The molecule has 0 spiro atoms. The summed E-state index contributed by atoms with van der Waals surface area (Å²) in [6, 6.07) is 11.1. The molecule has 1 fully saturated rings. The number of H-pyrrole nitrogens is 1. The maximum Gasteiger partial charge on any atom is 0.272 e. The van der Waals surface area contributed by atoms with Crippen LogP contribution in [-0.4, -0.2) is 58.5 Å². The summed E-state index contributed by atoms with van der Waals surface area (Å²) in [5.74, 6) is -0.160. The predicted molar refractivity (Wildman–Crippen MR) is 76.8 cm³/mol. The first-order chi connectivity index (χ1) is 10.3. The smallest absolute Gasteiger partial charge is 0.272 e. The van der Waals surface area contributed by atoms with Crippen molar-refractivity contribution < 1.29 is 14.6 Å². The molecule has 2 aromatic rings. The van der Waals surface area contributed by atoms with E-state index in [9.17, 15) is 9.90 Å². The van der Waals surface area contributed by atoms with E-state index in [4.69, 9.17) is 4.74 Å². The highest BCUT2D eigenvalue weighted by Crippen LogP contribution is 2.19. The first-order valence-corrected chi connectivity index (χ1v) is 6.90. The van der Waals surface area contributed by atoms with Crippen LogP contribution in [0.5, 0.6) is 0 Å². The van der Waals surface area contributed by atoms with Crippen molar-refractivity contribution in [2.24, 2.45) is 0 Å². The molecule has 2 heterocycles. The average molecular weight is 287 g/mol. The third kappa shape index (κ3) is 2.81. The highest BCUT2D eigenvalue weighted by Gasteiger charge is 2.28. The predicted octanol–water partition coefficient (Wildman–Crippen LogP) is 0.910. The van der Waals surface area contributed by atoms with E-state index < -0.39 is 0 Å². The second kappa shape index (κ2) is 6.07. The number of carbonyl (C=O) groups excluding carboxylic acids is 1. The fourth-order valence-electron chi connectivity index (χ4n) is 2.42. The first-order valence-electron chi connectivity index (χ1n) is 6.90. The Morgan fingerprint density at radius 3 is 3.00 bits per heavy atom. The Kier molecular flexibility index (Phi) is 3.98. The van der Waals surface area contributed by atoms with Crippen molar-refractivity contribution in [3.63, 3.8) is 0 Å². The van der Waals surface area contributed by atoms with Crippen LogP contribution in [-0.2, 0) is 4.74 Å². The van der Waals surface area contributed by atoms with Gasteiger partial charge in [-0.15, -0.1) is 0 Å². The molecule has 6 nitrogen and oxygen atoms in total. The number of aliphatic hydroxyl groups excluding tert-OH is 1. The summed E-state index contributed by atoms with van der Waals surface area (Å²) < 4.78 is 5.28. The van der Waals surface area contributed by atoms with E-state index in [0.29, 0.717) is 25.5 Å². The zero-order chi connectivity index (χ0) is 14.7. The Morgan fingerprint density at radius 2 is 2.24 bits per heavy atom. The summed E-state index contributed by atoms with van der Waals surface area (Å²) in [6.07, 6.45) is 0. The lowest BCUT2D eigenvalue weighted by atomic mass is 10.1. The number of benzene rings is 1. The number of hydrogen-bond acceptors (Lipinski definition) is 4. The van der Waals surface area contributed by atoms with Crippen molar-refractivity contribution >= 4 is 5.91 Å². The van der Waals surface area contributed by atoms with Crippen LogP contribution in [0.3, 0.4) is 0 Å². The highest BCUT2D eigenvalue weighted by atomic mass is 16.5. The number of aromatic amines is 1. The molecule has 0 radical (unpaired) electrons. The number of nitrogens with one attached hydrogen (secondary N) is 1. The van der Waals surface area contributed by atoms with Gasteiger partial charge >= 0.3 is 0 Å². The summed E-state index contributed by atoms with van der Waals surface area (Å²) >= 11 is 0. The number of ether oxygens (including phenoxy) is 1. The molecule has 1 atom stereocenters. The topological polar surface area (TPSA) is 78.5 Å². The van der Waals surface area contributed by atoms with E-state index in [1.807, 2.05) is 30.3 Å². The Hall–Kier alpha value is -2.18. The Bertz CT molecular complexity index is 612. The van der Waals surface area contributed by atoms with E-state index in [1.165, 1.54) is 0 Å².